The molecule has 1 aromatic rings. The van der Waals surface area contributed by atoms with Crippen molar-refractivity contribution in [2.45, 2.75) is 12.6 Å². The van der Waals surface area contributed by atoms with Gasteiger partial charge >= 0.3 is 12.1 Å². The molecule has 0 atom stereocenters. The first kappa shape index (κ1) is 12.4. The van der Waals surface area contributed by atoms with Crippen LogP contribution in [0.1, 0.15) is 11.1 Å². The van der Waals surface area contributed by atoms with Crippen LogP contribution in [0.15, 0.2) is 12.4 Å². The average molecular weight is 237 g/mol. The van der Waals surface area contributed by atoms with Crippen molar-refractivity contribution in [3.8, 4) is 0 Å². The molecule has 0 saturated carbocycles. The van der Waals surface area contributed by atoms with E-state index in [9.17, 15) is 22.4 Å². The molecule has 16 heavy (non-hydrogen) atoms. The maximum atomic E-state index is 13.3. The Hall–Kier alpha value is -1.66. The van der Waals surface area contributed by atoms with Crippen molar-refractivity contribution in [1.82, 2.24) is 4.98 Å². The van der Waals surface area contributed by atoms with Gasteiger partial charge in [-0.2, -0.15) is 13.2 Å². The molecular weight excluding hydrogens is 230 g/mol. The molecule has 0 saturated heterocycles. The molecule has 1 rings (SSSR count). The fraction of sp³-hybridized carbons (Fsp3) is 0.333. The summed E-state index contributed by atoms with van der Waals surface area (Å²) in [4.78, 5) is 14.0. The molecule has 3 nitrogen and oxygen atoms in total. The highest BCUT2D eigenvalue weighted by Crippen LogP contribution is 2.31. The minimum Gasteiger partial charge on any atom is -0.469 e. The first-order valence-corrected chi connectivity index (χ1v) is 4.12. The molecule has 0 radical (unpaired) electrons. The van der Waals surface area contributed by atoms with Gasteiger partial charge in [-0.25, -0.2) is 4.39 Å². The Morgan fingerprint density at radius 3 is 2.56 bits per heavy atom. The van der Waals surface area contributed by atoms with Crippen LogP contribution >= 0.6 is 0 Å². The summed E-state index contributed by atoms with van der Waals surface area (Å²) in [5.41, 5.74) is -1.93. The third-order valence-electron chi connectivity index (χ3n) is 1.82. The van der Waals surface area contributed by atoms with Gasteiger partial charge in [0.1, 0.15) is 11.4 Å². The van der Waals surface area contributed by atoms with Crippen molar-refractivity contribution >= 4 is 5.97 Å². The number of alkyl halides is 3. The van der Waals surface area contributed by atoms with E-state index >= 15 is 0 Å². The highest BCUT2D eigenvalue weighted by Gasteiger charge is 2.35. The van der Waals surface area contributed by atoms with Gasteiger partial charge in [0.15, 0.2) is 0 Å². The summed E-state index contributed by atoms with van der Waals surface area (Å²) < 4.78 is 54.3. The summed E-state index contributed by atoms with van der Waals surface area (Å²) in [7, 11) is 1.06. The molecule has 0 aliphatic heterocycles. The fourth-order valence-electron chi connectivity index (χ4n) is 1.04. The molecule has 0 aliphatic rings. The van der Waals surface area contributed by atoms with Crippen LogP contribution in [0, 0.1) is 5.82 Å². The quantitative estimate of drug-likeness (QED) is 0.583. The number of esters is 1. The first-order valence-electron chi connectivity index (χ1n) is 4.12. The molecular formula is C9H7F4NO2. The van der Waals surface area contributed by atoms with Crippen molar-refractivity contribution in [2.24, 2.45) is 0 Å². The van der Waals surface area contributed by atoms with E-state index in [-0.39, 0.29) is 0 Å². The second-order valence-electron chi connectivity index (χ2n) is 2.91. The van der Waals surface area contributed by atoms with Crippen LogP contribution in [0.5, 0.6) is 0 Å². The number of ether oxygens (including phenoxy) is 1. The average Bonchev–Trinajstić information content (AvgIpc) is 2.19. The van der Waals surface area contributed by atoms with Crippen molar-refractivity contribution in [1.29, 1.82) is 0 Å². The summed E-state index contributed by atoms with van der Waals surface area (Å²) in [5, 5.41) is 0. The number of hydrogen-bond acceptors (Lipinski definition) is 3. The maximum Gasteiger partial charge on any atom is 0.420 e. The normalized spacial score (nSPS) is 11.3. The summed E-state index contributed by atoms with van der Waals surface area (Å²) in [6.45, 7) is 0. The molecule has 0 aliphatic carbocycles. The van der Waals surface area contributed by atoms with Gasteiger partial charge in [0.2, 0.25) is 0 Å². The Morgan fingerprint density at radius 1 is 1.44 bits per heavy atom. The van der Waals surface area contributed by atoms with Gasteiger partial charge in [-0.15, -0.1) is 0 Å². The summed E-state index contributed by atoms with van der Waals surface area (Å²) in [6, 6.07) is 0. The molecule has 7 heteroatoms. The highest BCUT2D eigenvalue weighted by molar-refractivity contribution is 5.72. The number of carbonyl (C=O) groups is 1. The summed E-state index contributed by atoms with van der Waals surface area (Å²) >= 11 is 0. The number of aromatic nitrogens is 1. The minimum atomic E-state index is -4.83. The molecule has 0 amide bonds. The Kier molecular flexibility index (Phi) is 3.46. The van der Waals surface area contributed by atoms with Crippen LogP contribution in [-0.2, 0) is 22.1 Å². The smallest absolute Gasteiger partial charge is 0.420 e. The van der Waals surface area contributed by atoms with Crippen LogP contribution in [0.4, 0.5) is 17.6 Å². The van der Waals surface area contributed by atoms with E-state index in [0.717, 1.165) is 13.3 Å². The van der Waals surface area contributed by atoms with Gasteiger partial charge < -0.3 is 4.74 Å². The van der Waals surface area contributed by atoms with Crippen molar-refractivity contribution in [2.75, 3.05) is 7.11 Å². The van der Waals surface area contributed by atoms with E-state index in [1.165, 1.54) is 0 Å². The summed E-state index contributed by atoms with van der Waals surface area (Å²) in [5.74, 6) is -2.33. The minimum absolute atomic E-state index is 0.371. The zero-order chi connectivity index (χ0) is 12.3. The van der Waals surface area contributed by atoms with Crippen LogP contribution in [0.25, 0.3) is 0 Å². The standard InChI is InChI=1S/C9H7F4NO2/c1-16-7(15)2-5-3-14-4-6(8(5)10)9(11,12)13/h3-4H,2H2,1H3. The second-order valence-corrected chi connectivity index (χ2v) is 2.91. The van der Waals surface area contributed by atoms with E-state index in [0.29, 0.717) is 6.20 Å². The largest absolute Gasteiger partial charge is 0.469 e. The van der Waals surface area contributed by atoms with Gasteiger partial charge in [0.05, 0.1) is 13.5 Å². The predicted octanol–water partition coefficient (Wildman–Crippen LogP) is 1.96. The molecule has 0 bridgehead atoms. The van der Waals surface area contributed by atoms with Gasteiger partial charge in [0, 0.05) is 18.0 Å². The lowest BCUT2D eigenvalue weighted by molar-refractivity contribution is -0.142. The van der Waals surface area contributed by atoms with Gasteiger partial charge in [-0.05, 0) is 0 Å². The van der Waals surface area contributed by atoms with Crippen LogP contribution in [0.3, 0.4) is 0 Å². The van der Waals surface area contributed by atoms with Gasteiger partial charge in [-0.1, -0.05) is 0 Å². The Labute approximate surface area is 88.0 Å². The van der Waals surface area contributed by atoms with Crippen LogP contribution in [0.2, 0.25) is 0 Å². The first-order chi connectivity index (χ1) is 7.36. The van der Waals surface area contributed by atoms with Crippen molar-refractivity contribution < 1.29 is 27.1 Å². The monoisotopic (exact) mass is 237 g/mol. The number of nitrogens with zero attached hydrogens (tertiary/aromatic N) is 1. The van der Waals surface area contributed by atoms with E-state index in [4.69, 9.17) is 0 Å². The van der Waals surface area contributed by atoms with Crippen molar-refractivity contribution in [3.63, 3.8) is 0 Å². The Balaban J connectivity index is 3.09. The lowest BCUT2D eigenvalue weighted by Gasteiger charge is -2.09. The van der Waals surface area contributed by atoms with E-state index < -0.39 is 35.5 Å². The van der Waals surface area contributed by atoms with Crippen LogP contribution in [-0.4, -0.2) is 18.1 Å². The topological polar surface area (TPSA) is 39.2 Å². The Morgan fingerprint density at radius 2 is 2.06 bits per heavy atom. The highest BCUT2D eigenvalue weighted by atomic mass is 19.4. The molecule has 1 heterocycles. The number of halogens is 4. The summed E-state index contributed by atoms with van der Waals surface area (Å²) in [6.07, 6.45) is -4.18. The molecule has 0 aromatic carbocycles. The fourth-order valence-corrected chi connectivity index (χ4v) is 1.04. The van der Waals surface area contributed by atoms with E-state index in [2.05, 4.69) is 9.72 Å². The number of hydrogen-bond donors (Lipinski definition) is 0. The number of methoxy groups -OCH3 is 1. The Bertz CT molecular complexity index is 403. The van der Waals surface area contributed by atoms with E-state index in [1.54, 1.807) is 0 Å². The number of rotatable bonds is 2. The van der Waals surface area contributed by atoms with Crippen LogP contribution < -0.4 is 0 Å². The molecule has 1 aromatic heterocycles. The number of carbonyl (C=O) groups excluding carboxylic acids is 1. The SMILES string of the molecule is COC(=O)Cc1cncc(C(F)(F)F)c1F. The zero-order valence-corrected chi connectivity index (χ0v) is 8.14. The van der Waals surface area contributed by atoms with Crippen molar-refractivity contribution in [3.05, 3.63) is 29.3 Å². The molecule has 0 N–H and O–H groups in total. The zero-order valence-electron chi connectivity index (χ0n) is 8.14. The predicted molar refractivity (Wildman–Crippen MR) is 44.9 cm³/mol. The number of pyridine rings is 1. The van der Waals surface area contributed by atoms with Gasteiger partial charge in [0.25, 0.3) is 0 Å². The third kappa shape index (κ3) is 2.68. The molecule has 88 valence electrons. The van der Waals surface area contributed by atoms with Gasteiger partial charge in [-0.3, -0.25) is 9.78 Å². The lowest BCUT2D eigenvalue weighted by atomic mass is 10.1. The third-order valence-corrected chi connectivity index (χ3v) is 1.82. The molecule has 0 fully saturated rings. The lowest BCUT2D eigenvalue weighted by Crippen LogP contribution is -2.13. The molecule has 0 spiro atoms. The second kappa shape index (κ2) is 4.46. The van der Waals surface area contributed by atoms with E-state index in [1.807, 2.05) is 0 Å². The molecule has 0 unspecified atom stereocenters. The maximum absolute atomic E-state index is 13.3.